The Labute approximate surface area is 166 Å². The summed E-state index contributed by atoms with van der Waals surface area (Å²) in [6.07, 6.45) is 4.79. The largest absolute Gasteiger partial charge is 0.382 e. The first-order valence-electron chi connectivity index (χ1n) is 9.22. The molecule has 2 amide bonds. The van der Waals surface area contributed by atoms with Crippen LogP contribution in [0.2, 0.25) is 0 Å². The fraction of sp³-hybridized carbons (Fsp3) is 0.556. The zero-order chi connectivity index (χ0) is 19.2. The Balaban J connectivity index is 1.77. The summed E-state index contributed by atoms with van der Waals surface area (Å²) in [6.45, 7) is 5.55. The number of hydrogen-bond donors (Lipinski definition) is 2. The second-order valence-electron chi connectivity index (χ2n) is 6.36. The Hall–Kier alpha value is -1.84. The lowest BCUT2D eigenvalue weighted by atomic mass is 9.95. The molecule has 0 saturated carbocycles. The summed E-state index contributed by atoms with van der Waals surface area (Å²) in [6, 6.07) is 0. The highest BCUT2D eigenvalue weighted by atomic mass is 32.1. The molecular formula is C18H24N4O3S2. The highest BCUT2D eigenvalue weighted by molar-refractivity contribution is 7.17. The molecule has 0 saturated heterocycles. The third kappa shape index (κ3) is 4.72. The Morgan fingerprint density at radius 2 is 2.04 bits per heavy atom. The summed E-state index contributed by atoms with van der Waals surface area (Å²) >= 11 is 2.58. The minimum absolute atomic E-state index is 0.125. The number of aryl methyl sites for hydroxylation is 2. The van der Waals surface area contributed by atoms with E-state index in [9.17, 15) is 9.59 Å². The third-order valence-corrected chi connectivity index (χ3v) is 6.47. The number of nitrogens with one attached hydrogen (secondary N) is 2. The van der Waals surface area contributed by atoms with Crippen LogP contribution in [0.5, 0.6) is 0 Å². The van der Waals surface area contributed by atoms with Crippen LogP contribution in [0.15, 0.2) is 0 Å². The molecule has 2 aromatic heterocycles. The number of anilines is 1. The number of fused-ring (bicyclic) bond motifs is 1. The van der Waals surface area contributed by atoms with Gasteiger partial charge in [0.05, 0.1) is 11.3 Å². The Kier molecular flexibility index (Phi) is 6.92. The molecule has 27 heavy (non-hydrogen) atoms. The molecule has 1 aliphatic carbocycles. The van der Waals surface area contributed by atoms with Crippen LogP contribution in [0.4, 0.5) is 5.00 Å². The van der Waals surface area contributed by atoms with Crippen LogP contribution in [-0.2, 0) is 17.6 Å². The summed E-state index contributed by atoms with van der Waals surface area (Å²) in [7, 11) is 0. The molecule has 3 rings (SSSR count). The van der Waals surface area contributed by atoms with Gasteiger partial charge in [0.2, 0.25) is 0 Å². The van der Waals surface area contributed by atoms with Gasteiger partial charge in [-0.1, -0.05) is 4.49 Å². The number of amides is 2. The van der Waals surface area contributed by atoms with E-state index in [2.05, 4.69) is 20.2 Å². The summed E-state index contributed by atoms with van der Waals surface area (Å²) in [5, 5.41) is 10.4. The van der Waals surface area contributed by atoms with Gasteiger partial charge < -0.3 is 15.4 Å². The van der Waals surface area contributed by atoms with E-state index in [0.717, 1.165) is 49.2 Å². The van der Waals surface area contributed by atoms with E-state index in [-0.39, 0.29) is 11.8 Å². The van der Waals surface area contributed by atoms with E-state index in [1.807, 2.05) is 6.92 Å². The molecule has 7 nitrogen and oxygen atoms in total. The molecule has 0 aliphatic heterocycles. The number of hydrogen-bond acceptors (Lipinski definition) is 7. The topological polar surface area (TPSA) is 93.2 Å². The number of rotatable bonds is 8. The molecule has 2 heterocycles. The average molecular weight is 409 g/mol. The SMILES string of the molecule is CCOCCCNC(=O)c1c(NC(=O)c2snnc2C)sc2c1CCCC2. The van der Waals surface area contributed by atoms with Crippen LogP contribution in [0.25, 0.3) is 0 Å². The maximum Gasteiger partial charge on any atom is 0.269 e. The van der Waals surface area contributed by atoms with Gasteiger partial charge in [0.25, 0.3) is 11.8 Å². The van der Waals surface area contributed by atoms with Crippen LogP contribution < -0.4 is 10.6 Å². The summed E-state index contributed by atoms with van der Waals surface area (Å²) in [5.74, 6) is -0.383. The molecule has 0 atom stereocenters. The van der Waals surface area contributed by atoms with Gasteiger partial charge in [0.1, 0.15) is 9.88 Å². The van der Waals surface area contributed by atoms with Crippen LogP contribution in [0.3, 0.4) is 0 Å². The van der Waals surface area contributed by atoms with Crippen LogP contribution in [0, 0.1) is 6.92 Å². The van der Waals surface area contributed by atoms with Crippen molar-refractivity contribution in [2.75, 3.05) is 25.1 Å². The van der Waals surface area contributed by atoms with Gasteiger partial charge in [0.15, 0.2) is 0 Å². The van der Waals surface area contributed by atoms with Crippen molar-refractivity contribution in [3.8, 4) is 0 Å². The average Bonchev–Trinajstić information content (AvgIpc) is 3.24. The molecule has 9 heteroatoms. The van der Waals surface area contributed by atoms with E-state index in [4.69, 9.17) is 4.74 Å². The minimum Gasteiger partial charge on any atom is -0.382 e. The van der Waals surface area contributed by atoms with Gasteiger partial charge in [-0.15, -0.1) is 16.4 Å². The fourth-order valence-electron chi connectivity index (χ4n) is 3.10. The number of carbonyl (C=O) groups excluding carboxylic acids is 2. The molecular weight excluding hydrogens is 384 g/mol. The molecule has 2 aromatic rings. The molecule has 0 fully saturated rings. The first-order valence-corrected chi connectivity index (χ1v) is 10.8. The van der Waals surface area contributed by atoms with Gasteiger partial charge in [-0.25, -0.2) is 0 Å². The van der Waals surface area contributed by atoms with Gasteiger partial charge in [-0.3, -0.25) is 9.59 Å². The number of aromatic nitrogens is 2. The monoisotopic (exact) mass is 408 g/mol. The predicted octanol–water partition coefficient (Wildman–Crippen LogP) is 3.20. The third-order valence-electron chi connectivity index (χ3n) is 4.44. The van der Waals surface area contributed by atoms with Crippen molar-refractivity contribution in [1.29, 1.82) is 0 Å². The van der Waals surface area contributed by atoms with Crippen molar-refractivity contribution < 1.29 is 14.3 Å². The summed E-state index contributed by atoms with van der Waals surface area (Å²) < 4.78 is 9.12. The first-order chi connectivity index (χ1) is 13.1. The van der Waals surface area contributed by atoms with E-state index in [1.54, 1.807) is 6.92 Å². The molecule has 2 N–H and O–H groups in total. The molecule has 0 aromatic carbocycles. The van der Waals surface area contributed by atoms with Crippen molar-refractivity contribution in [1.82, 2.24) is 14.9 Å². The van der Waals surface area contributed by atoms with E-state index >= 15 is 0 Å². The Morgan fingerprint density at radius 1 is 1.22 bits per heavy atom. The van der Waals surface area contributed by atoms with Gasteiger partial charge in [-0.05, 0) is 63.0 Å². The van der Waals surface area contributed by atoms with Crippen LogP contribution >= 0.6 is 22.9 Å². The second-order valence-corrected chi connectivity index (χ2v) is 8.22. The quantitative estimate of drug-likeness (QED) is 0.654. The van der Waals surface area contributed by atoms with Gasteiger partial charge in [0, 0.05) is 24.6 Å². The van der Waals surface area contributed by atoms with Crippen molar-refractivity contribution in [2.24, 2.45) is 0 Å². The molecule has 0 spiro atoms. The Morgan fingerprint density at radius 3 is 2.78 bits per heavy atom. The fourth-order valence-corrected chi connectivity index (χ4v) is 4.94. The standard InChI is InChI=1S/C18H24N4O3S2/c1-3-25-10-6-9-19-16(23)14-12-7-4-5-8-13(12)26-18(14)20-17(24)15-11(2)21-22-27-15/h3-10H2,1-2H3,(H,19,23)(H,20,24). The van der Waals surface area contributed by atoms with Crippen molar-refractivity contribution in [3.05, 3.63) is 26.6 Å². The van der Waals surface area contributed by atoms with E-state index in [1.165, 1.54) is 16.2 Å². The highest BCUT2D eigenvalue weighted by Gasteiger charge is 2.27. The van der Waals surface area contributed by atoms with E-state index in [0.29, 0.717) is 40.9 Å². The Bertz CT molecular complexity index is 816. The normalized spacial score (nSPS) is 13.3. The lowest BCUT2D eigenvalue weighted by Gasteiger charge is -2.13. The zero-order valence-electron chi connectivity index (χ0n) is 15.6. The van der Waals surface area contributed by atoms with Crippen molar-refractivity contribution >= 4 is 39.7 Å². The molecule has 0 radical (unpaired) electrons. The lowest BCUT2D eigenvalue weighted by Crippen LogP contribution is -2.27. The van der Waals surface area contributed by atoms with Gasteiger partial charge in [-0.2, -0.15) is 0 Å². The maximum atomic E-state index is 12.8. The second kappa shape index (κ2) is 9.38. The van der Waals surface area contributed by atoms with Crippen LogP contribution in [0.1, 0.15) is 62.4 Å². The summed E-state index contributed by atoms with van der Waals surface area (Å²) in [4.78, 5) is 27.1. The number of thiophene rings is 1. The smallest absolute Gasteiger partial charge is 0.269 e. The number of carbonyl (C=O) groups is 2. The molecule has 146 valence electrons. The van der Waals surface area contributed by atoms with Crippen molar-refractivity contribution in [3.63, 3.8) is 0 Å². The van der Waals surface area contributed by atoms with E-state index < -0.39 is 0 Å². The maximum absolute atomic E-state index is 12.8. The van der Waals surface area contributed by atoms with Gasteiger partial charge >= 0.3 is 0 Å². The highest BCUT2D eigenvalue weighted by Crippen LogP contribution is 2.38. The molecule has 0 unspecified atom stereocenters. The molecule has 1 aliphatic rings. The molecule has 0 bridgehead atoms. The lowest BCUT2D eigenvalue weighted by molar-refractivity contribution is 0.0944. The number of ether oxygens (including phenoxy) is 1. The summed E-state index contributed by atoms with van der Waals surface area (Å²) in [5.41, 5.74) is 2.30. The predicted molar refractivity (Wildman–Crippen MR) is 107 cm³/mol. The van der Waals surface area contributed by atoms with Crippen LogP contribution in [-0.4, -0.2) is 41.2 Å². The first kappa shape index (κ1) is 19.9. The minimum atomic E-state index is -0.258. The zero-order valence-corrected chi connectivity index (χ0v) is 17.2. The number of nitrogens with zero attached hydrogens (tertiary/aromatic N) is 2. The van der Waals surface area contributed by atoms with Crippen molar-refractivity contribution in [2.45, 2.75) is 46.0 Å².